The average molecular weight is 235 g/mol. The fourth-order valence-corrected chi connectivity index (χ4v) is 1.81. The van der Waals surface area contributed by atoms with E-state index in [4.69, 9.17) is 5.73 Å². The van der Waals surface area contributed by atoms with Crippen molar-refractivity contribution in [1.29, 1.82) is 0 Å². The van der Waals surface area contributed by atoms with Crippen LogP contribution < -0.4 is 11.1 Å². The van der Waals surface area contributed by atoms with Crippen LogP contribution in [0.5, 0.6) is 5.75 Å². The number of hydrogen-bond acceptors (Lipinski definition) is 4. The molecular weight excluding hydrogens is 221 g/mol. The van der Waals surface area contributed by atoms with Gasteiger partial charge in [0.2, 0.25) is 0 Å². The number of aliphatic imine (C=N–C) groups is 1. The lowest BCUT2D eigenvalue weighted by molar-refractivity contribution is 0.412. The van der Waals surface area contributed by atoms with Crippen LogP contribution in [0.4, 0.5) is 4.39 Å². The molecule has 1 aromatic rings. The fraction of sp³-hybridized carbons (Fsp3) is 0.250. The van der Waals surface area contributed by atoms with Crippen LogP contribution in [-0.2, 0) is 5.66 Å². The number of rotatable bonds is 1. The Kier molecular flexibility index (Phi) is 2.63. The van der Waals surface area contributed by atoms with E-state index in [-0.39, 0.29) is 5.75 Å². The second-order valence-corrected chi connectivity index (χ2v) is 4.14. The Labute approximate surface area is 98.7 Å². The van der Waals surface area contributed by atoms with Crippen molar-refractivity contribution in [2.45, 2.75) is 19.5 Å². The predicted molar refractivity (Wildman–Crippen MR) is 64.3 cm³/mol. The molecule has 0 saturated heterocycles. The highest BCUT2D eigenvalue weighted by Gasteiger charge is 2.34. The SMILES string of the molecule is Cc1cc(C2(N)N=CNC=C2F)cc(C)c1O. The van der Waals surface area contributed by atoms with E-state index in [0.29, 0.717) is 16.7 Å². The highest BCUT2D eigenvalue weighted by molar-refractivity contribution is 5.61. The first-order valence-corrected chi connectivity index (χ1v) is 5.20. The van der Waals surface area contributed by atoms with Crippen LogP contribution in [0.25, 0.3) is 0 Å². The lowest BCUT2D eigenvalue weighted by Crippen LogP contribution is -2.39. The number of halogens is 1. The zero-order valence-corrected chi connectivity index (χ0v) is 9.66. The van der Waals surface area contributed by atoms with Crippen LogP contribution >= 0.6 is 0 Å². The van der Waals surface area contributed by atoms with Gasteiger partial charge in [-0.25, -0.2) is 9.38 Å². The van der Waals surface area contributed by atoms with Crippen molar-refractivity contribution >= 4 is 6.34 Å². The Morgan fingerprint density at radius 2 is 1.94 bits per heavy atom. The molecule has 0 radical (unpaired) electrons. The van der Waals surface area contributed by atoms with E-state index in [1.807, 2.05) is 0 Å². The van der Waals surface area contributed by atoms with Crippen LogP contribution in [0, 0.1) is 13.8 Å². The van der Waals surface area contributed by atoms with E-state index >= 15 is 0 Å². The van der Waals surface area contributed by atoms with E-state index in [9.17, 15) is 9.50 Å². The van der Waals surface area contributed by atoms with Crippen molar-refractivity contribution in [3.8, 4) is 5.75 Å². The van der Waals surface area contributed by atoms with Crippen LogP contribution in [0.3, 0.4) is 0 Å². The molecule has 4 N–H and O–H groups in total. The monoisotopic (exact) mass is 235 g/mol. The fourth-order valence-electron chi connectivity index (χ4n) is 1.81. The summed E-state index contributed by atoms with van der Waals surface area (Å²) in [4.78, 5) is 3.94. The molecule has 2 rings (SSSR count). The molecular formula is C12H14FN3O. The van der Waals surface area contributed by atoms with Crippen LogP contribution in [0.2, 0.25) is 0 Å². The topological polar surface area (TPSA) is 70.6 Å². The van der Waals surface area contributed by atoms with Crippen LogP contribution in [0.1, 0.15) is 16.7 Å². The highest BCUT2D eigenvalue weighted by Crippen LogP contribution is 2.34. The number of nitrogens with zero attached hydrogens (tertiary/aromatic N) is 1. The first-order valence-electron chi connectivity index (χ1n) is 5.20. The summed E-state index contributed by atoms with van der Waals surface area (Å²) in [5.41, 5.74) is 6.24. The summed E-state index contributed by atoms with van der Waals surface area (Å²) in [7, 11) is 0. The third kappa shape index (κ3) is 1.78. The van der Waals surface area contributed by atoms with Crippen molar-refractivity contribution in [2.75, 3.05) is 0 Å². The molecule has 5 heteroatoms. The van der Waals surface area contributed by atoms with Crippen molar-refractivity contribution < 1.29 is 9.50 Å². The minimum absolute atomic E-state index is 0.194. The van der Waals surface area contributed by atoms with Gasteiger partial charge in [0.1, 0.15) is 5.75 Å². The zero-order chi connectivity index (χ0) is 12.6. The second kappa shape index (κ2) is 3.85. The molecule has 0 spiro atoms. The van der Waals surface area contributed by atoms with Gasteiger partial charge in [-0.1, -0.05) is 0 Å². The number of hydrogen-bond donors (Lipinski definition) is 3. The Morgan fingerprint density at radius 3 is 2.47 bits per heavy atom. The van der Waals surface area contributed by atoms with E-state index in [1.54, 1.807) is 26.0 Å². The number of nitrogens with one attached hydrogen (secondary N) is 1. The molecule has 4 nitrogen and oxygen atoms in total. The van der Waals surface area contributed by atoms with Gasteiger partial charge in [0.15, 0.2) is 11.5 Å². The first-order chi connectivity index (χ1) is 7.95. The van der Waals surface area contributed by atoms with Crippen molar-refractivity contribution in [3.05, 3.63) is 40.8 Å². The number of benzene rings is 1. The number of phenolic OH excluding ortho intramolecular Hbond substituents is 1. The molecule has 1 aliphatic heterocycles. The zero-order valence-electron chi connectivity index (χ0n) is 9.66. The maximum Gasteiger partial charge on any atom is 0.189 e. The van der Waals surface area contributed by atoms with Gasteiger partial charge in [-0.15, -0.1) is 0 Å². The maximum atomic E-state index is 13.8. The summed E-state index contributed by atoms with van der Waals surface area (Å²) < 4.78 is 13.8. The van der Waals surface area contributed by atoms with Gasteiger partial charge in [0.25, 0.3) is 0 Å². The highest BCUT2D eigenvalue weighted by atomic mass is 19.1. The van der Waals surface area contributed by atoms with Crippen molar-refractivity contribution in [2.24, 2.45) is 10.7 Å². The molecule has 0 amide bonds. The van der Waals surface area contributed by atoms with Gasteiger partial charge in [0.05, 0.1) is 6.34 Å². The molecule has 0 saturated carbocycles. The summed E-state index contributed by atoms with van der Waals surface area (Å²) in [6.07, 6.45) is 2.52. The molecule has 1 unspecified atom stereocenters. The molecule has 1 aromatic carbocycles. The lowest BCUT2D eigenvalue weighted by Gasteiger charge is -2.27. The Hall–Kier alpha value is -1.88. The minimum Gasteiger partial charge on any atom is -0.507 e. The molecule has 0 aliphatic carbocycles. The quantitative estimate of drug-likeness (QED) is 0.691. The summed E-state index contributed by atoms with van der Waals surface area (Å²) in [5.74, 6) is -0.371. The summed E-state index contributed by atoms with van der Waals surface area (Å²) >= 11 is 0. The second-order valence-electron chi connectivity index (χ2n) is 4.14. The van der Waals surface area contributed by atoms with Gasteiger partial charge in [-0.3, -0.25) is 5.73 Å². The van der Waals surface area contributed by atoms with E-state index in [2.05, 4.69) is 10.3 Å². The molecule has 90 valence electrons. The number of nitrogens with two attached hydrogens (primary N) is 1. The molecule has 0 bridgehead atoms. The molecule has 0 aromatic heterocycles. The Bertz CT molecular complexity index is 501. The van der Waals surface area contributed by atoms with E-state index < -0.39 is 11.5 Å². The lowest BCUT2D eigenvalue weighted by atomic mass is 9.94. The summed E-state index contributed by atoms with van der Waals surface area (Å²) in [5, 5.41) is 12.2. The molecule has 0 fully saturated rings. The van der Waals surface area contributed by atoms with Crippen molar-refractivity contribution in [3.63, 3.8) is 0 Å². The van der Waals surface area contributed by atoms with Gasteiger partial charge in [0, 0.05) is 11.8 Å². The minimum atomic E-state index is -1.51. The van der Waals surface area contributed by atoms with Crippen LogP contribution in [-0.4, -0.2) is 11.4 Å². The molecule has 17 heavy (non-hydrogen) atoms. The summed E-state index contributed by atoms with van der Waals surface area (Å²) in [6, 6.07) is 3.27. The third-order valence-electron chi connectivity index (χ3n) is 2.85. The Morgan fingerprint density at radius 1 is 1.35 bits per heavy atom. The van der Waals surface area contributed by atoms with E-state index in [0.717, 1.165) is 0 Å². The average Bonchev–Trinajstić information content (AvgIpc) is 2.29. The largest absolute Gasteiger partial charge is 0.507 e. The van der Waals surface area contributed by atoms with Gasteiger partial charge < -0.3 is 10.4 Å². The van der Waals surface area contributed by atoms with Crippen molar-refractivity contribution in [1.82, 2.24) is 5.32 Å². The molecule has 1 heterocycles. The van der Waals surface area contributed by atoms with Gasteiger partial charge in [-0.05, 0) is 37.1 Å². The molecule has 1 atom stereocenters. The standard InChI is InChI=1S/C12H14FN3O/c1-7-3-9(4-8(2)11(7)17)12(14)10(13)5-15-6-16-12/h3-6,17H,14H2,1-2H3,(H,15,16). The number of aryl methyl sites for hydroxylation is 2. The van der Waals surface area contributed by atoms with E-state index in [1.165, 1.54) is 12.5 Å². The maximum absolute atomic E-state index is 13.8. The van der Waals surface area contributed by atoms with Crippen LogP contribution in [0.15, 0.2) is 29.2 Å². The first kappa shape index (κ1) is 11.6. The molecule has 1 aliphatic rings. The Balaban J connectivity index is 2.57. The van der Waals surface area contributed by atoms with Gasteiger partial charge >= 0.3 is 0 Å². The van der Waals surface area contributed by atoms with Gasteiger partial charge in [-0.2, -0.15) is 0 Å². The normalized spacial score (nSPS) is 23.2. The number of phenols is 1. The smallest absolute Gasteiger partial charge is 0.189 e. The summed E-state index contributed by atoms with van der Waals surface area (Å²) in [6.45, 7) is 3.48. The predicted octanol–water partition coefficient (Wildman–Crippen LogP) is 1.56. The number of aromatic hydroxyl groups is 1. The third-order valence-corrected chi connectivity index (χ3v) is 2.85.